The van der Waals surface area contributed by atoms with Crippen molar-refractivity contribution in [1.82, 2.24) is 5.09 Å². The number of benzene rings is 3. The highest BCUT2D eigenvalue weighted by Gasteiger charge is 2.30. The van der Waals surface area contributed by atoms with Gasteiger partial charge in [-0.15, -0.1) is 0 Å². The van der Waals surface area contributed by atoms with Gasteiger partial charge in [0, 0.05) is 5.56 Å². The Bertz CT molecular complexity index is 910. The Morgan fingerprint density at radius 1 is 0.633 bits per heavy atom. The van der Waals surface area contributed by atoms with E-state index in [0.29, 0.717) is 28.6 Å². The fourth-order valence-electron chi connectivity index (χ4n) is 3.08. The first kappa shape index (κ1) is 21.5. The molecule has 0 saturated heterocycles. The van der Waals surface area contributed by atoms with E-state index >= 15 is 0 Å². The van der Waals surface area contributed by atoms with Gasteiger partial charge in [0.1, 0.15) is 23.0 Å². The molecule has 3 aromatic rings. The fraction of sp³-hybridized carbons (Fsp3) is 0.174. The normalized spacial score (nSPS) is 10.4. The van der Waals surface area contributed by atoms with Crippen molar-refractivity contribution in [3.8, 4) is 23.0 Å². The molecule has 0 unspecified atom stereocenters. The third-order valence-electron chi connectivity index (χ3n) is 4.50. The summed E-state index contributed by atoms with van der Waals surface area (Å²) in [6.07, 6.45) is 0. The van der Waals surface area contributed by atoms with Crippen LogP contribution < -0.4 is 34.6 Å². The number of methoxy groups -OCH3 is 4. The Morgan fingerprint density at radius 3 is 1.40 bits per heavy atom. The van der Waals surface area contributed by atoms with Gasteiger partial charge in [0.25, 0.3) is 5.91 Å². The van der Waals surface area contributed by atoms with Gasteiger partial charge in [0.15, 0.2) is 0 Å². The number of hydrogen-bond donors (Lipinski definition) is 1. The van der Waals surface area contributed by atoms with E-state index in [9.17, 15) is 4.79 Å². The molecule has 30 heavy (non-hydrogen) atoms. The van der Waals surface area contributed by atoms with Crippen molar-refractivity contribution in [1.29, 1.82) is 0 Å². The number of nitrogens with one attached hydrogen (secondary N) is 1. The molecule has 1 N–H and O–H groups in total. The molecule has 1 amide bonds. The van der Waals surface area contributed by atoms with E-state index in [1.54, 1.807) is 40.6 Å². The second kappa shape index (κ2) is 9.99. The van der Waals surface area contributed by atoms with E-state index in [1.807, 2.05) is 54.6 Å². The van der Waals surface area contributed by atoms with Crippen molar-refractivity contribution >= 4 is 24.6 Å². The largest absolute Gasteiger partial charge is 0.496 e. The Labute approximate surface area is 177 Å². The minimum Gasteiger partial charge on any atom is -0.496 e. The lowest BCUT2D eigenvalue weighted by Gasteiger charge is -2.26. The van der Waals surface area contributed by atoms with Gasteiger partial charge >= 0.3 is 0 Å². The smallest absolute Gasteiger partial charge is 0.254 e. The lowest BCUT2D eigenvalue weighted by atomic mass is 10.2. The van der Waals surface area contributed by atoms with E-state index in [1.165, 1.54) is 0 Å². The van der Waals surface area contributed by atoms with Gasteiger partial charge in [0.2, 0.25) is 0 Å². The van der Waals surface area contributed by atoms with Crippen LogP contribution in [0.4, 0.5) is 0 Å². The minimum atomic E-state index is -1.52. The average molecular weight is 425 g/mol. The minimum absolute atomic E-state index is 0.220. The summed E-state index contributed by atoms with van der Waals surface area (Å²) in [6, 6.07) is 20.1. The number of rotatable bonds is 8. The van der Waals surface area contributed by atoms with Crippen molar-refractivity contribution in [3.05, 3.63) is 72.3 Å². The third kappa shape index (κ3) is 4.34. The van der Waals surface area contributed by atoms with Crippen LogP contribution >= 0.6 is 8.07 Å². The second-order valence-corrected chi connectivity index (χ2v) is 7.95. The highest BCUT2D eigenvalue weighted by atomic mass is 31.1. The lowest BCUT2D eigenvalue weighted by molar-refractivity contribution is 0.0983. The molecule has 0 fully saturated rings. The van der Waals surface area contributed by atoms with Gasteiger partial charge in [-0.25, -0.2) is 0 Å². The summed E-state index contributed by atoms with van der Waals surface area (Å²) in [5.74, 6) is 2.18. The summed E-state index contributed by atoms with van der Waals surface area (Å²) >= 11 is 0. The van der Waals surface area contributed by atoms with Gasteiger partial charge in [-0.2, -0.15) is 0 Å². The molecular formula is C23H24NO5P. The summed E-state index contributed by atoms with van der Waals surface area (Å²) in [5.41, 5.74) is 0.549. The first-order valence-corrected chi connectivity index (χ1v) is 10.6. The molecule has 0 aliphatic rings. The number of hydrogen-bond acceptors (Lipinski definition) is 5. The van der Waals surface area contributed by atoms with E-state index in [0.717, 1.165) is 10.6 Å². The van der Waals surface area contributed by atoms with E-state index in [-0.39, 0.29) is 5.91 Å². The van der Waals surface area contributed by atoms with Crippen molar-refractivity contribution in [2.24, 2.45) is 0 Å². The molecule has 0 heterocycles. The summed E-state index contributed by atoms with van der Waals surface area (Å²) in [5, 5.41) is 4.62. The van der Waals surface area contributed by atoms with Gasteiger partial charge in [-0.05, 0) is 36.4 Å². The van der Waals surface area contributed by atoms with Crippen LogP contribution in [0.25, 0.3) is 0 Å². The van der Waals surface area contributed by atoms with Crippen LogP contribution in [-0.2, 0) is 0 Å². The highest BCUT2D eigenvalue weighted by molar-refractivity contribution is 7.72. The maximum Gasteiger partial charge on any atom is 0.254 e. The average Bonchev–Trinajstić information content (AvgIpc) is 2.81. The number of carbonyl (C=O) groups is 1. The van der Waals surface area contributed by atoms with E-state index in [2.05, 4.69) is 5.09 Å². The summed E-state index contributed by atoms with van der Waals surface area (Å²) in [7, 11) is 4.83. The fourth-order valence-corrected chi connectivity index (χ4v) is 5.41. The third-order valence-corrected chi connectivity index (χ3v) is 6.70. The van der Waals surface area contributed by atoms with Crippen molar-refractivity contribution in [3.63, 3.8) is 0 Å². The maximum absolute atomic E-state index is 13.1. The van der Waals surface area contributed by atoms with Crippen LogP contribution in [0, 0.1) is 0 Å². The van der Waals surface area contributed by atoms with Gasteiger partial charge in [-0.1, -0.05) is 30.3 Å². The first-order valence-electron chi connectivity index (χ1n) is 9.22. The quantitative estimate of drug-likeness (QED) is 0.560. The molecule has 0 saturated carbocycles. The van der Waals surface area contributed by atoms with Gasteiger partial charge in [-0.3, -0.25) is 4.79 Å². The molecule has 3 aromatic carbocycles. The van der Waals surface area contributed by atoms with Crippen LogP contribution in [0.2, 0.25) is 0 Å². The predicted molar refractivity (Wildman–Crippen MR) is 119 cm³/mol. The number of carbonyl (C=O) groups excluding carboxylic acids is 1. The zero-order valence-electron chi connectivity index (χ0n) is 17.3. The Kier molecular flexibility index (Phi) is 7.15. The molecule has 0 bridgehead atoms. The Hall–Kier alpha value is -3.24. The molecule has 0 aliphatic heterocycles. The molecule has 0 aliphatic carbocycles. The summed E-state index contributed by atoms with van der Waals surface area (Å²) in [6.45, 7) is 0. The van der Waals surface area contributed by atoms with Crippen LogP contribution in [0.3, 0.4) is 0 Å². The topological polar surface area (TPSA) is 66.0 Å². The standard InChI is InChI=1S/C23H24NO5P/c1-26-17-12-8-13-18(27-2)21(17)30(24-23(25)16-10-6-5-7-11-16)22-19(28-3)14-9-15-20(22)29-4/h5-15H,1-4H3,(H,24,25). The number of ether oxygens (including phenoxy) is 4. The molecule has 0 aromatic heterocycles. The van der Waals surface area contributed by atoms with Crippen LogP contribution in [0.1, 0.15) is 10.4 Å². The Morgan fingerprint density at radius 2 is 1.03 bits per heavy atom. The summed E-state index contributed by atoms with van der Waals surface area (Å²) in [4.78, 5) is 13.1. The van der Waals surface area contributed by atoms with Crippen molar-refractivity contribution in [2.75, 3.05) is 28.4 Å². The molecule has 156 valence electrons. The molecule has 0 radical (unpaired) electrons. The predicted octanol–water partition coefficient (Wildman–Crippen LogP) is 3.50. The monoisotopic (exact) mass is 425 g/mol. The zero-order valence-corrected chi connectivity index (χ0v) is 18.2. The lowest BCUT2D eigenvalue weighted by Crippen LogP contribution is -2.31. The maximum atomic E-state index is 13.1. The molecular weight excluding hydrogens is 401 g/mol. The van der Waals surface area contributed by atoms with Crippen molar-refractivity contribution in [2.45, 2.75) is 0 Å². The van der Waals surface area contributed by atoms with Gasteiger partial charge in [0.05, 0.1) is 47.1 Å². The second-order valence-electron chi connectivity index (χ2n) is 6.16. The molecule has 6 nitrogen and oxygen atoms in total. The van der Waals surface area contributed by atoms with Crippen LogP contribution in [-0.4, -0.2) is 34.3 Å². The molecule has 0 atom stereocenters. The van der Waals surface area contributed by atoms with E-state index < -0.39 is 8.07 Å². The SMILES string of the molecule is COc1cccc(OC)c1P(NC(=O)c1ccccc1)c1c(OC)cccc1OC. The first-order chi connectivity index (χ1) is 14.6. The van der Waals surface area contributed by atoms with Crippen LogP contribution in [0.15, 0.2) is 66.7 Å². The Balaban J connectivity index is 2.23. The number of amides is 1. The molecule has 0 spiro atoms. The van der Waals surface area contributed by atoms with Crippen molar-refractivity contribution < 1.29 is 23.7 Å². The van der Waals surface area contributed by atoms with Gasteiger partial charge < -0.3 is 24.0 Å². The highest BCUT2D eigenvalue weighted by Crippen LogP contribution is 2.43. The molecule has 3 rings (SSSR count). The summed E-state index contributed by atoms with van der Waals surface area (Å²) < 4.78 is 22.5. The van der Waals surface area contributed by atoms with E-state index in [4.69, 9.17) is 18.9 Å². The molecule has 7 heteroatoms. The van der Waals surface area contributed by atoms with Crippen LogP contribution in [0.5, 0.6) is 23.0 Å². The zero-order chi connectivity index (χ0) is 21.5.